The number of carbonyl (C=O) groups is 2. The van der Waals surface area contributed by atoms with E-state index in [4.69, 9.17) is 0 Å². The van der Waals surface area contributed by atoms with Gasteiger partial charge in [0.1, 0.15) is 6.54 Å². The smallest absolute Gasteiger partial charge is 0.269 e. The van der Waals surface area contributed by atoms with Crippen LogP contribution in [0.4, 0.5) is 0 Å². The molecule has 0 aliphatic rings. The Morgan fingerprint density at radius 2 is 1.90 bits per heavy atom. The second-order valence-electron chi connectivity index (χ2n) is 4.18. The summed E-state index contributed by atoms with van der Waals surface area (Å²) in [5.41, 5.74) is 4.75. The first-order valence-corrected chi connectivity index (χ1v) is 7.14. The highest BCUT2D eigenvalue weighted by Gasteiger charge is 2.08. The maximum absolute atomic E-state index is 11.8. The van der Waals surface area contributed by atoms with Gasteiger partial charge in [0.15, 0.2) is 0 Å². The molecule has 0 radical (unpaired) electrons. The van der Waals surface area contributed by atoms with E-state index in [1.807, 2.05) is 6.07 Å². The van der Waals surface area contributed by atoms with E-state index in [-0.39, 0.29) is 12.1 Å². The summed E-state index contributed by atoms with van der Waals surface area (Å²) in [6.07, 6.45) is 1.50. The predicted octanol–water partition coefficient (Wildman–Crippen LogP) is 0.914. The van der Waals surface area contributed by atoms with Gasteiger partial charge in [-0.1, -0.05) is 12.1 Å². The number of halogens is 1. The van der Waals surface area contributed by atoms with E-state index in [1.165, 1.54) is 16.8 Å². The summed E-state index contributed by atoms with van der Waals surface area (Å²) < 4.78 is 2.16. The molecule has 1 aromatic carbocycles. The van der Waals surface area contributed by atoms with Crippen molar-refractivity contribution < 1.29 is 9.59 Å². The van der Waals surface area contributed by atoms with Gasteiger partial charge in [-0.15, -0.1) is 0 Å². The minimum Gasteiger partial charge on any atom is -0.306 e. The Morgan fingerprint density at radius 3 is 2.62 bits per heavy atom. The molecule has 6 nitrogen and oxygen atoms in total. The number of rotatable bonds is 3. The summed E-state index contributed by atoms with van der Waals surface area (Å²) >= 11 is 2.09. The normalized spacial score (nSPS) is 9.95. The molecule has 1 heterocycles. The van der Waals surface area contributed by atoms with Crippen molar-refractivity contribution in [2.75, 3.05) is 0 Å². The van der Waals surface area contributed by atoms with Crippen molar-refractivity contribution in [3.8, 4) is 0 Å². The van der Waals surface area contributed by atoms with E-state index in [0.29, 0.717) is 5.56 Å². The molecule has 2 rings (SSSR count). The SMILES string of the molecule is O=C(Cn1ccccc1=O)NNC(=O)c1cccc(I)c1. The maximum atomic E-state index is 11.8. The monoisotopic (exact) mass is 397 g/mol. The van der Waals surface area contributed by atoms with Crippen LogP contribution in [0.3, 0.4) is 0 Å². The molecule has 0 bridgehead atoms. The fraction of sp³-hybridized carbons (Fsp3) is 0.0714. The second kappa shape index (κ2) is 7.02. The summed E-state index contributed by atoms with van der Waals surface area (Å²) in [7, 11) is 0. The van der Waals surface area contributed by atoms with Crippen molar-refractivity contribution in [3.05, 3.63) is 68.1 Å². The first-order valence-electron chi connectivity index (χ1n) is 6.06. The lowest BCUT2D eigenvalue weighted by atomic mass is 10.2. The minimum absolute atomic E-state index is 0.160. The molecule has 0 saturated carbocycles. The van der Waals surface area contributed by atoms with E-state index in [0.717, 1.165) is 3.57 Å². The number of nitrogens with zero attached hydrogens (tertiary/aromatic N) is 1. The van der Waals surface area contributed by atoms with Crippen molar-refractivity contribution in [3.63, 3.8) is 0 Å². The molecule has 2 aromatic rings. The molecule has 0 saturated heterocycles. The zero-order valence-electron chi connectivity index (χ0n) is 10.9. The molecule has 0 fully saturated rings. The Balaban J connectivity index is 1.91. The third kappa shape index (κ3) is 4.42. The summed E-state index contributed by atoms with van der Waals surface area (Å²) in [6, 6.07) is 11.6. The van der Waals surface area contributed by atoms with Gasteiger partial charge in [0.05, 0.1) is 0 Å². The zero-order chi connectivity index (χ0) is 15.2. The fourth-order valence-electron chi connectivity index (χ4n) is 1.61. The van der Waals surface area contributed by atoms with Gasteiger partial charge in [-0.05, 0) is 46.9 Å². The van der Waals surface area contributed by atoms with Crippen LogP contribution in [-0.2, 0) is 11.3 Å². The van der Waals surface area contributed by atoms with Crippen LogP contribution in [0.15, 0.2) is 53.5 Å². The third-order valence-electron chi connectivity index (χ3n) is 2.62. The van der Waals surface area contributed by atoms with Gasteiger partial charge in [-0.3, -0.25) is 25.2 Å². The largest absolute Gasteiger partial charge is 0.306 e. The number of pyridine rings is 1. The first-order chi connectivity index (χ1) is 10.1. The average Bonchev–Trinajstić information content (AvgIpc) is 2.47. The topological polar surface area (TPSA) is 80.2 Å². The molecule has 0 atom stereocenters. The standard InChI is InChI=1S/C14H12IN3O3/c15-11-5-3-4-10(8-11)14(21)17-16-12(19)9-18-7-2-1-6-13(18)20/h1-8H,9H2,(H,16,19)(H,17,21). The fourth-order valence-corrected chi connectivity index (χ4v) is 2.16. The van der Waals surface area contributed by atoms with E-state index in [1.54, 1.807) is 30.3 Å². The number of aromatic nitrogens is 1. The lowest BCUT2D eigenvalue weighted by Crippen LogP contribution is -2.44. The Hall–Kier alpha value is -2.16. The van der Waals surface area contributed by atoms with Crippen LogP contribution in [0.1, 0.15) is 10.4 Å². The highest BCUT2D eigenvalue weighted by molar-refractivity contribution is 14.1. The number of nitrogens with one attached hydrogen (secondary N) is 2. The van der Waals surface area contributed by atoms with Gasteiger partial charge in [-0.25, -0.2) is 0 Å². The van der Waals surface area contributed by atoms with Crippen LogP contribution < -0.4 is 16.4 Å². The van der Waals surface area contributed by atoms with E-state index in [9.17, 15) is 14.4 Å². The molecule has 0 unspecified atom stereocenters. The number of hydrogen-bond donors (Lipinski definition) is 2. The Kier molecular flexibility index (Phi) is 5.09. The molecular formula is C14H12IN3O3. The lowest BCUT2D eigenvalue weighted by molar-refractivity contribution is -0.122. The number of benzene rings is 1. The third-order valence-corrected chi connectivity index (χ3v) is 3.29. The summed E-state index contributed by atoms with van der Waals surface area (Å²) in [6.45, 7) is -0.160. The molecule has 2 N–H and O–H groups in total. The van der Waals surface area contributed by atoms with Crippen LogP contribution in [0, 0.1) is 3.57 Å². The van der Waals surface area contributed by atoms with Crippen LogP contribution >= 0.6 is 22.6 Å². The van der Waals surface area contributed by atoms with Gasteiger partial charge in [0, 0.05) is 21.4 Å². The molecule has 0 aliphatic heterocycles. The molecule has 0 aliphatic carbocycles. The Morgan fingerprint density at radius 1 is 1.10 bits per heavy atom. The Bertz CT molecular complexity index is 727. The molecule has 2 amide bonds. The molecular weight excluding hydrogens is 385 g/mol. The second-order valence-corrected chi connectivity index (χ2v) is 5.43. The van der Waals surface area contributed by atoms with Gasteiger partial charge >= 0.3 is 0 Å². The van der Waals surface area contributed by atoms with E-state index >= 15 is 0 Å². The van der Waals surface area contributed by atoms with Crippen LogP contribution in [-0.4, -0.2) is 16.4 Å². The van der Waals surface area contributed by atoms with E-state index < -0.39 is 11.8 Å². The van der Waals surface area contributed by atoms with Gasteiger partial charge in [-0.2, -0.15) is 0 Å². The molecule has 0 spiro atoms. The molecule has 108 valence electrons. The summed E-state index contributed by atoms with van der Waals surface area (Å²) in [5.74, 6) is -0.899. The first kappa shape index (κ1) is 15.2. The predicted molar refractivity (Wildman–Crippen MR) is 85.5 cm³/mol. The minimum atomic E-state index is -0.484. The van der Waals surface area contributed by atoms with Crippen LogP contribution in [0.5, 0.6) is 0 Å². The number of amides is 2. The van der Waals surface area contributed by atoms with Crippen LogP contribution in [0.25, 0.3) is 0 Å². The molecule has 1 aromatic heterocycles. The zero-order valence-corrected chi connectivity index (χ0v) is 13.0. The summed E-state index contributed by atoms with van der Waals surface area (Å²) in [4.78, 5) is 34.9. The Labute approximate surface area is 134 Å². The van der Waals surface area contributed by atoms with Crippen molar-refractivity contribution in [1.29, 1.82) is 0 Å². The maximum Gasteiger partial charge on any atom is 0.269 e. The van der Waals surface area contributed by atoms with Crippen molar-refractivity contribution in [1.82, 2.24) is 15.4 Å². The highest BCUT2D eigenvalue weighted by atomic mass is 127. The number of carbonyl (C=O) groups excluding carboxylic acids is 2. The number of hydrazine groups is 1. The van der Waals surface area contributed by atoms with Gasteiger partial charge < -0.3 is 4.57 Å². The van der Waals surface area contributed by atoms with Crippen molar-refractivity contribution in [2.45, 2.75) is 6.54 Å². The van der Waals surface area contributed by atoms with Gasteiger partial charge in [0.25, 0.3) is 17.4 Å². The molecule has 7 heteroatoms. The quantitative estimate of drug-likeness (QED) is 0.597. The van der Waals surface area contributed by atoms with E-state index in [2.05, 4.69) is 33.4 Å². The highest BCUT2D eigenvalue weighted by Crippen LogP contribution is 2.07. The number of hydrogen-bond acceptors (Lipinski definition) is 3. The summed E-state index contributed by atoms with van der Waals surface area (Å²) in [5, 5.41) is 0. The molecule has 21 heavy (non-hydrogen) atoms. The van der Waals surface area contributed by atoms with Gasteiger partial charge in [0.2, 0.25) is 0 Å². The van der Waals surface area contributed by atoms with Crippen molar-refractivity contribution in [2.24, 2.45) is 0 Å². The van der Waals surface area contributed by atoms with Crippen LogP contribution in [0.2, 0.25) is 0 Å². The lowest BCUT2D eigenvalue weighted by Gasteiger charge is -2.08. The van der Waals surface area contributed by atoms with Crippen molar-refractivity contribution >= 4 is 34.4 Å². The average molecular weight is 397 g/mol.